The average Bonchev–Trinajstić information content (AvgIpc) is 3.54. The molecular formula is C37H36F6N4O4. The van der Waals surface area contributed by atoms with Gasteiger partial charge >= 0.3 is 12.1 Å². The molecule has 0 aliphatic rings. The van der Waals surface area contributed by atoms with Crippen LogP contribution in [0.1, 0.15) is 79.1 Å². The van der Waals surface area contributed by atoms with Crippen LogP contribution in [0.2, 0.25) is 0 Å². The molecule has 270 valence electrons. The summed E-state index contributed by atoms with van der Waals surface area (Å²) in [4.78, 5) is 39.4. The molecule has 4 aromatic rings. The topological polar surface area (TPSA) is 106 Å². The quantitative estimate of drug-likeness (QED) is 0.118. The Labute approximate surface area is 290 Å². The van der Waals surface area contributed by atoms with Crippen molar-refractivity contribution in [3.63, 3.8) is 0 Å². The highest BCUT2D eigenvalue weighted by Crippen LogP contribution is 2.38. The molecule has 2 aromatic heterocycles. The van der Waals surface area contributed by atoms with Crippen molar-refractivity contribution >= 4 is 11.9 Å². The molecule has 0 aliphatic heterocycles. The number of carbonyl (C=O) groups excluding carboxylic acids is 1. The summed E-state index contributed by atoms with van der Waals surface area (Å²) in [5.41, 5.74) is -3.26. The molecule has 4 rings (SSSR count). The number of nitrogens with one attached hydrogen (secondary N) is 1. The van der Waals surface area contributed by atoms with E-state index in [1.54, 1.807) is 26.1 Å². The molecule has 0 radical (unpaired) electrons. The second-order valence-corrected chi connectivity index (χ2v) is 12.6. The number of aromatic nitrogens is 3. The fourth-order valence-electron chi connectivity index (χ4n) is 6.13. The number of carbonyl (C=O) groups is 2. The van der Waals surface area contributed by atoms with Crippen molar-refractivity contribution in [1.29, 1.82) is 0 Å². The van der Waals surface area contributed by atoms with E-state index in [-0.39, 0.29) is 47.6 Å². The first-order valence-electron chi connectivity index (χ1n) is 16.0. The normalized spacial score (nSPS) is 12.7. The van der Waals surface area contributed by atoms with Gasteiger partial charge in [-0.25, -0.2) is 13.2 Å². The van der Waals surface area contributed by atoms with Crippen LogP contribution in [0, 0.1) is 49.1 Å². The van der Waals surface area contributed by atoms with Crippen LogP contribution in [0.5, 0.6) is 0 Å². The molecule has 14 heteroatoms. The summed E-state index contributed by atoms with van der Waals surface area (Å²) in [5.74, 6) is -0.966. The van der Waals surface area contributed by atoms with Crippen LogP contribution in [0.25, 0.3) is 11.1 Å². The Morgan fingerprint density at radius 2 is 1.71 bits per heavy atom. The van der Waals surface area contributed by atoms with Gasteiger partial charge in [-0.1, -0.05) is 19.8 Å². The van der Waals surface area contributed by atoms with Gasteiger partial charge in [-0.3, -0.25) is 19.1 Å². The van der Waals surface area contributed by atoms with Crippen LogP contribution in [-0.2, 0) is 28.7 Å². The predicted octanol–water partition coefficient (Wildman–Crippen LogP) is 7.30. The molecule has 2 N–H and O–H groups in total. The van der Waals surface area contributed by atoms with Gasteiger partial charge in [0.2, 0.25) is 5.91 Å². The van der Waals surface area contributed by atoms with Crippen LogP contribution in [0.3, 0.4) is 0 Å². The van der Waals surface area contributed by atoms with E-state index < -0.39 is 70.7 Å². The zero-order chi connectivity index (χ0) is 37.8. The molecular weight excluding hydrogens is 678 g/mol. The van der Waals surface area contributed by atoms with E-state index in [4.69, 9.17) is 0 Å². The number of pyridine rings is 1. The number of aryl methyl sites for hydroxylation is 4. The number of hydrogen-bond donors (Lipinski definition) is 2. The Balaban J connectivity index is 1.87. The Bertz CT molecular complexity index is 2040. The second kappa shape index (κ2) is 15.7. The molecule has 51 heavy (non-hydrogen) atoms. The maximum atomic E-state index is 16.6. The van der Waals surface area contributed by atoms with Crippen molar-refractivity contribution in [2.24, 2.45) is 5.92 Å². The smallest absolute Gasteiger partial charge is 0.416 e. The lowest BCUT2D eigenvalue weighted by molar-refractivity contribution is -0.139. The predicted molar refractivity (Wildman–Crippen MR) is 177 cm³/mol. The fraction of sp³-hybridized carbons (Fsp3) is 0.351. The summed E-state index contributed by atoms with van der Waals surface area (Å²) in [5, 5.41) is 16.2. The zero-order valence-corrected chi connectivity index (χ0v) is 28.5. The van der Waals surface area contributed by atoms with E-state index in [2.05, 4.69) is 22.3 Å². The number of carboxylic acid groups (broad SMARTS) is 1. The van der Waals surface area contributed by atoms with Crippen molar-refractivity contribution in [1.82, 2.24) is 19.7 Å². The van der Waals surface area contributed by atoms with E-state index in [9.17, 15) is 37.1 Å². The lowest BCUT2D eigenvalue weighted by Gasteiger charge is -2.27. The number of carboxylic acids is 1. The first kappa shape index (κ1) is 38.5. The van der Waals surface area contributed by atoms with Crippen LogP contribution >= 0.6 is 0 Å². The van der Waals surface area contributed by atoms with Gasteiger partial charge in [0, 0.05) is 42.3 Å². The molecule has 0 fully saturated rings. The SMILES string of the molecule is CC#Cc1cc(-c2c(C)cc(F)cc2C)c(F)c([C@H](CC(=O)O)NC(=O)[C@H](CC(C)C)n2cc(CCn3cccn3)c(C(F)(F)F)cc2=O)c1F. The van der Waals surface area contributed by atoms with Crippen LogP contribution < -0.4 is 10.9 Å². The maximum absolute atomic E-state index is 16.6. The summed E-state index contributed by atoms with van der Waals surface area (Å²) in [6.45, 7) is 7.81. The summed E-state index contributed by atoms with van der Waals surface area (Å²) in [7, 11) is 0. The monoisotopic (exact) mass is 714 g/mol. The van der Waals surface area contributed by atoms with Gasteiger partial charge in [0.05, 0.1) is 23.6 Å². The average molecular weight is 715 g/mol. The molecule has 2 atom stereocenters. The standard InChI is InChI=1S/C37H36F6N4O4/c1-6-8-23-16-26(32-21(4)14-25(38)15-22(32)5)35(40)33(34(23)39)28(18-31(49)50)45-36(51)29(13-20(2)3)47-19-24(9-12-46-11-7-10-44-46)27(17-30(47)48)37(41,42)43/h7,10-11,14-17,19-20,28-29H,9,12-13,18H2,1-5H3,(H,45,51)(H,49,50)/t28-,29-/m0/s1. The number of rotatable bonds is 12. The van der Waals surface area contributed by atoms with E-state index in [1.165, 1.54) is 31.6 Å². The molecule has 0 aliphatic carbocycles. The number of aliphatic carboxylic acids is 1. The molecule has 1 amide bonds. The van der Waals surface area contributed by atoms with Gasteiger partial charge in [0.1, 0.15) is 23.5 Å². The molecule has 2 heterocycles. The Kier molecular flexibility index (Phi) is 11.8. The van der Waals surface area contributed by atoms with E-state index >= 15 is 8.78 Å². The summed E-state index contributed by atoms with van der Waals surface area (Å²) < 4.78 is 91.2. The van der Waals surface area contributed by atoms with Crippen LogP contribution in [0.15, 0.2) is 53.7 Å². The van der Waals surface area contributed by atoms with Crippen LogP contribution in [0.4, 0.5) is 26.3 Å². The lowest BCUT2D eigenvalue weighted by atomic mass is 9.89. The molecule has 2 aromatic carbocycles. The highest BCUT2D eigenvalue weighted by molar-refractivity contribution is 5.82. The molecule has 8 nitrogen and oxygen atoms in total. The molecule has 0 bridgehead atoms. The number of alkyl halides is 3. The largest absolute Gasteiger partial charge is 0.481 e. The van der Waals surface area contributed by atoms with Gasteiger partial charge < -0.3 is 15.0 Å². The highest BCUT2D eigenvalue weighted by atomic mass is 19.4. The third-order valence-electron chi connectivity index (χ3n) is 8.28. The Morgan fingerprint density at radius 3 is 2.25 bits per heavy atom. The van der Waals surface area contributed by atoms with Gasteiger partial charge in [-0.2, -0.15) is 18.3 Å². The van der Waals surface area contributed by atoms with Gasteiger partial charge in [-0.15, -0.1) is 5.92 Å². The van der Waals surface area contributed by atoms with Crippen molar-refractivity contribution in [2.75, 3.05) is 0 Å². The highest BCUT2D eigenvalue weighted by Gasteiger charge is 2.36. The number of hydrogen-bond acceptors (Lipinski definition) is 4. The van der Waals surface area contributed by atoms with Crippen molar-refractivity contribution < 1.29 is 41.0 Å². The first-order chi connectivity index (χ1) is 23.9. The molecule has 0 unspecified atom stereocenters. The van der Waals surface area contributed by atoms with Crippen LogP contribution in [-0.4, -0.2) is 31.3 Å². The molecule has 0 spiro atoms. The van der Waals surface area contributed by atoms with Gasteiger partial charge in [-0.05, 0) is 86.1 Å². The third kappa shape index (κ3) is 8.89. The first-order valence-corrected chi connectivity index (χ1v) is 16.0. The summed E-state index contributed by atoms with van der Waals surface area (Å²) in [6.07, 6.45) is -2.32. The second-order valence-electron chi connectivity index (χ2n) is 12.6. The lowest BCUT2D eigenvalue weighted by Crippen LogP contribution is -2.41. The number of benzene rings is 2. The van der Waals surface area contributed by atoms with Crippen molar-refractivity contribution in [3.8, 4) is 23.0 Å². The summed E-state index contributed by atoms with van der Waals surface area (Å²) >= 11 is 0. The zero-order valence-electron chi connectivity index (χ0n) is 28.5. The summed E-state index contributed by atoms with van der Waals surface area (Å²) in [6, 6.07) is 2.01. The van der Waals surface area contributed by atoms with Crippen molar-refractivity contribution in [2.45, 2.75) is 78.7 Å². The van der Waals surface area contributed by atoms with Gasteiger partial charge in [0.15, 0.2) is 0 Å². The fourth-order valence-corrected chi connectivity index (χ4v) is 6.13. The minimum absolute atomic E-state index is 0.0148. The third-order valence-corrected chi connectivity index (χ3v) is 8.28. The maximum Gasteiger partial charge on any atom is 0.416 e. The Morgan fingerprint density at radius 1 is 1.04 bits per heavy atom. The van der Waals surface area contributed by atoms with E-state index in [0.29, 0.717) is 17.2 Å². The molecule has 0 saturated heterocycles. The van der Waals surface area contributed by atoms with Crippen molar-refractivity contribution in [3.05, 3.63) is 110 Å². The number of nitrogens with zero attached hydrogens (tertiary/aromatic N) is 3. The number of halogens is 6. The van der Waals surface area contributed by atoms with E-state index in [0.717, 1.165) is 29.0 Å². The minimum atomic E-state index is -4.90. The van der Waals surface area contributed by atoms with Gasteiger partial charge in [0.25, 0.3) is 5.56 Å². The number of amides is 1. The minimum Gasteiger partial charge on any atom is -0.481 e. The Hall–Kier alpha value is -5.32. The molecule has 0 saturated carbocycles. The van der Waals surface area contributed by atoms with E-state index in [1.807, 2.05) is 0 Å².